The molecule has 1 atom stereocenters. The fourth-order valence-corrected chi connectivity index (χ4v) is 2.48. The first-order valence-electron chi connectivity index (χ1n) is 7.82. The molecule has 1 N–H and O–H groups in total. The number of hydrogen-bond acceptors (Lipinski definition) is 4. The number of amides is 4. The molecule has 1 aromatic rings. The summed E-state index contributed by atoms with van der Waals surface area (Å²) in [6, 6.07) is 6.60. The molecular formula is C17H21N3O4. The maximum Gasteiger partial charge on any atom is 0.349 e. The van der Waals surface area contributed by atoms with Gasteiger partial charge in [-0.15, -0.1) is 0 Å². The second-order valence-electron chi connectivity index (χ2n) is 5.50. The average molecular weight is 331 g/mol. The molecule has 0 bridgehead atoms. The molecule has 7 nitrogen and oxygen atoms in total. The summed E-state index contributed by atoms with van der Waals surface area (Å²) >= 11 is 0. The summed E-state index contributed by atoms with van der Waals surface area (Å²) in [7, 11) is 1.39. The third-order valence-corrected chi connectivity index (χ3v) is 3.81. The number of ether oxygens (including phenoxy) is 1. The maximum absolute atomic E-state index is 12.2. The number of hydrogen-bond donors (Lipinski definition) is 1. The number of rotatable bonds is 6. The Kier molecular flexibility index (Phi) is 5.68. The smallest absolute Gasteiger partial charge is 0.349 e. The Labute approximate surface area is 140 Å². The van der Waals surface area contributed by atoms with Crippen LogP contribution in [0.1, 0.15) is 26.7 Å². The molecule has 0 saturated heterocycles. The van der Waals surface area contributed by atoms with Gasteiger partial charge < -0.3 is 10.1 Å². The van der Waals surface area contributed by atoms with Gasteiger partial charge in [-0.2, -0.15) is 0 Å². The van der Waals surface area contributed by atoms with Crippen LogP contribution in [0, 0.1) is 5.92 Å². The number of nitrogens with zero attached hydrogens (tertiary/aromatic N) is 2. The third-order valence-electron chi connectivity index (χ3n) is 3.81. The van der Waals surface area contributed by atoms with Gasteiger partial charge >= 0.3 is 6.03 Å². The molecule has 2 rings (SSSR count). The van der Waals surface area contributed by atoms with Crippen molar-refractivity contribution < 1.29 is 19.1 Å². The van der Waals surface area contributed by atoms with Crippen LogP contribution in [-0.4, -0.2) is 42.1 Å². The lowest BCUT2D eigenvalue weighted by Gasteiger charge is -2.25. The Morgan fingerprint density at radius 2 is 2.04 bits per heavy atom. The molecular weight excluding hydrogens is 310 g/mol. The third kappa shape index (κ3) is 3.98. The predicted octanol–water partition coefficient (Wildman–Crippen LogP) is 2.47. The van der Waals surface area contributed by atoms with Crippen LogP contribution in [0.5, 0.6) is 5.75 Å². The van der Waals surface area contributed by atoms with Crippen molar-refractivity contribution in [1.29, 1.82) is 0 Å². The van der Waals surface area contributed by atoms with E-state index in [-0.39, 0.29) is 18.2 Å². The Morgan fingerprint density at radius 3 is 2.75 bits per heavy atom. The molecule has 0 saturated carbocycles. The summed E-state index contributed by atoms with van der Waals surface area (Å²) in [5.74, 6) is -0.483. The first kappa shape index (κ1) is 17.7. The molecule has 0 spiro atoms. The SMILES string of the molecule is CCOc1ccccc1NC(=O)CCC1C(=O)N(C)C(=O)N=C1C. The van der Waals surface area contributed by atoms with Crippen molar-refractivity contribution in [3.63, 3.8) is 0 Å². The predicted molar refractivity (Wildman–Crippen MR) is 90.2 cm³/mol. The van der Waals surface area contributed by atoms with Crippen LogP contribution in [0.2, 0.25) is 0 Å². The van der Waals surface area contributed by atoms with Crippen LogP contribution in [0.15, 0.2) is 29.3 Å². The minimum Gasteiger partial charge on any atom is -0.492 e. The molecule has 1 aliphatic rings. The Balaban J connectivity index is 1.98. The van der Waals surface area contributed by atoms with E-state index in [1.54, 1.807) is 25.1 Å². The molecule has 0 aromatic heterocycles. The molecule has 0 radical (unpaired) electrons. The van der Waals surface area contributed by atoms with E-state index in [0.29, 0.717) is 30.2 Å². The lowest BCUT2D eigenvalue weighted by atomic mass is 9.95. The van der Waals surface area contributed by atoms with Gasteiger partial charge in [-0.25, -0.2) is 9.79 Å². The van der Waals surface area contributed by atoms with Crippen LogP contribution < -0.4 is 10.1 Å². The highest BCUT2D eigenvalue weighted by atomic mass is 16.5. The first-order valence-corrected chi connectivity index (χ1v) is 7.82. The number of aliphatic imine (C=N–C) groups is 1. The molecule has 4 amide bonds. The van der Waals surface area contributed by atoms with E-state index in [1.807, 2.05) is 13.0 Å². The van der Waals surface area contributed by atoms with Gasteiger partial charge in [0, 0.05) is 19.2 Å². The van der Waals surface area contributed by atoms with Crippen molar-refractivity contribution in [2.24, 2.45) is 10.9 Å². The van der Waals surface area contributed by atoms with Crippen LogP contribution >= 0.6 is 0 Å². The average Bonchev–Trinajstić information content (AvgIpc) is 2.55. The van der Waals surface area contributed by atoms with Crippen molar-refractivity contribution in [2.45, 2.75) is 26.7 Å². The minimum absolute atomic E-state index is 0.145. The van der Waals surface area contributed by atoms with Gasteiger partial charge in [0.05, 0.1) is 18.2 Å². The van der Waals surface area contributed by atoms with Gasteiger partial charge in [-0.05, 0) is 32.4 Å². The number of anilines is 1. The number of imide groups is 1. The summed E-state index contributed by atoms with van der Waals surface area (Å²) in [6.45, 7) is 4.00. The zero-order valence-corrected chi connectivity index (χ0v) is 14.0. The monoisotopic (exact) mass is 331 g/mol. The van der Waals surface area contributed by atoms with Gasteiger partial charge in [-0.1, -0.05) is 12.1 Å². The van der Waals surface area contributed by atoms with Crippen LogP contribution in [0.4, 0.5) is 10.5 Å². The molecule has 7 heteroatoms. The second-order valence-corrected chi connectivity index (χ2v) is 5.50. The molecule has 1 heterocycles. The van der Waals surface area contributed by atoms with Crippen LogP contribution in [0.3, 0.4) is 0 Å². The zero-order valence-electron chi connectivity index (χ0n) is 14.0. The highest BCUT2D eigenvalue weighted by molar-refractivity contribution is 6.15. The van der Waals surface area contributed by atoms with Crippen molar-refractivity contribution >= 4 is 29.2 Å². The van der Waals surface area contributed by atoms with Gasteiger partial charge in [0.25, 0.3) is 0 Å². The number of urea groups is 1. The lowest BCUT2D eigenvalue weighted by molar-refractivity contribution is -0.129. The van der Waals surface area contributed by atoms with Gasteiger partial charge in [0.1, 0.15) is 5.75 Å². The quantitative estimate of drug-likeness (QED) is 0.867. The normalized spacial score (nSPS) is 17.5. The topological polar surface area (TPSA) is 88.1 Å². The number of carbonyl (C=O) groups excluding carboxylic acids is 3. The fourth-order valence-electron chi connectivity index (χ4n) is 2.48. The summed E-state index contributed by atoms with van der Waals surface area (Å²) in [5.41, 5.74) is 1.04. The largest absolute Gasteiger partial charge is 0.492 e. The summed E-state index contributed by atoms with van der Waals surface area (Å²) in [6.07, 6.45) is 0.445. The van der Waals surface area contributed by atoms with E-state index >= 15 is 0 Å². The van der Waals surface area contributed by atoms with Gasteiger partial charge in [-0.3, -0.25) is 14.5 Å². The van der Waals surface area contributed by atoms with Crippen LogP contribution in [-0.2, 0) is 9.59 Å². The molecule has 24 heavy (non-hydrogen) atoms. The number of carbonyl (C=O) groups is 3. The first-order chi connectivity index (χ1) is 11.4. The molecule has 1 aromatic carbocycles. The van der Waals surface area contributed by atoms with E-state index in [4.69, 9.17) is 4.74 Å². The summed E-state index contributed by atoms with van der Waals surface area (Å²) < 4.78 is 5.46. The second kappa shape index (κ2) is 7.72. The van der Waals surface area contributed by atoms with E-state index < -0.39 is 11.9 Å². The fraction of sp³-hybridized carbons (Fsp3) is 0.412. The standard InChI is InChI=1S/C17H21N3O4/c1-4-24-14-8-6-5-7-13(14)19-15(21)10-9-12-11(2)18-17(23)20(3)16(12)22/h5-8,12H,4,9-10H2,1-3H3,(H,19,21). The Morgan fingerprint density at radius 1 is 1.33 bits per heavy atom. The van der Waals surface area contributed by atoms with E-state index in [9.17, 15) is 14.4 Å². The molecule has 1 unspecified atom stereocenters. The highest BCUT2D eigenvalue weighted by Gasteiger charge is 2.33. The number of para-hydroxylation sites is 2. The Bertz CT molecular complexity index is 684. The summed E-state index contributed by atoms with van der Waals surface area (Å²) in [5, 5.41) is 2.79. The zero-order chi connectivity index (χ0) is 17.7. The number of benzene rings is 1. The molecule has 1 aliphatic heterocycles. The van der Waals surface area contributed by atoms with Crippen LogP contribution in [0.25, 0.3) is 0 Å². The van der Waals surface area contributed by atoms with Crippen molar-refractivity contribution in [1.82, 2.24) is 4.90 Å². The van der Waals surface area contributed by atoms with E-state index in [2.05, 4.69) is 10.3 Å². The van der Waals surface area contributed by atoms with Gasteiger partial charge in [0.15, 0.2) is 0 Å². The van der Waals surface area contributed by atoms with Crippen molar-refractivity contribution in [2.75, 3.05) is 19.0 Å². The molecule has 128 valence electrons. The van der Waals surface area contributed by atoms with Crippen molar-refractivity contribution in [3.8, 4) is 5.75 Å². The highest BCUT2D eigenvalue weighted by Crippen LogP contribution is 2.24. The Hall–Kier alpha value is -2.70. The molecule has 0 aliphatic carbocycles. The van der Waals surface area contributed by atoms with Crippen molar-refractivity contribution in [3.05, 3.63) is 24.3 Å². The van der Waals surface area contributed by atoms with E-state index in [0.717, 1.165) is 4.90 Å². The molecule has 0 fully saturated rings. The van der Waals surface area contributed by atoms with Gasteiger partial charge in [0.2, 0.25) is 11.8 Å². The maximum atomic E-state index is 12.2. The lowest BCUT2D eigenvalue weighted by Crippen LogP contribution is -2.43. The van der Waals surface area contributed by atoms with E-state index in [1.165, 1.54) is 7.05 Å². The minimum atomic E-state index is -0.566. The summed E-state index contributed by atoms with van der Waals surface area (Å²) in [4.78, 5) is 40.6. The number of nitrogens with one attached hydrogen (secondary N) is 1.